The number of carbonyl (C=O) groups excluding carboxylic acids is 1. The molecule has 2 heterocycles. The lowest BCUT2D eigenvalue weighted by Gasteiger charge is -2.35. The smallest absolute Gasteiger partial charge is 0.247 e. The van der Waals surface area contributed by atoms with E-state index in [0.29, 0.717) is 37.6 Å². The molecule has 1 aromatic heterocycles. The Morgan fingerprint density at radius 2 is 1.70 bits per heavy atom. The first-order chi connectivity index (χ1) is 16.0. The van der Waals surface area contributed by atoms with Gasteiger partial charge in [0.1, 0.15) is 0 Å². The van der Waals surface area contributed by atoms with Crippen molar-refractivity contribution in [3.05, 3.63) is 71.6 Å². The van der Waals surface area contributed by atoms with Crippen LogP contribution in [0.1, 0.15) is 43.7 Å². The minimum Gasteiger partial charge on any atom is -0.421 e. The van der Waals surface area contributed by atoms with E-state index in [1.54, 1.807) is 0 Å². The molecule has 3 aromatic rings. The highest BCUT2D eigenvalue weighted by atomic mass is 16.5. The van der Waals surface area contributed by atoms with Gasteiger partial charge in [0.25, 0.3) is 0 Å². The van der Waals surface area contributed by atoms with Crippen LogP contribution in [0.3, 0.4) is 0 Å². The number of morpholine rings is 1. The molecular formula is C26H32N4O3. The molecule has 1 aliphatic heterocycles. The van der Waals surface area contributed by atoms with Crippen LogP contribution in [-0.2, 0) is 29.0 Å². The van der Waals surface area contributed by atoms with Gasteiger partial charge in [0.05, 0.1) is 12.2 Å². The number of aryl methyl sites for hydroxylation is 1. The minimum absolute atomic E-state index is 0.0261. The highest BCUT2D eigenvalue weighted by Gasteiger charge is 2.21. The van der Waals surface area contributed by atoms with E-state index in [9.17, 15) is 4.79 Å². The summed E-state index contributed by atoms with van der Waals surface area (Å²) in [5.41, 5.74) is 3.27. The molecule has 0 aliphatic carbocycles. The fraction of sp³-hybridized carbons (Fsp3) is 0.423. The standard InChI is InChI=1S/C26H32N4O3/c1-19-16-30(17-20(2)32-19)18-22-13-11-21(12-14-22)15-27-24(31)9-6-10-25-28-29-26(33-25)23-7-4-3-5-8-23/h3-5,7-8,11-14,19-20H,6,9-10,15-18H2,1-2H3,(H,27,31). The molecule has 1 N–H and O–H groups in total. The topological polar surface area (TPSA) is 80.5 Å². The van der Waals surface area contributed by atoms with E-state index in [0.717, 1.165) is 30.8 Å². The number of benzene rings is 2. The van der Waals surface area contributed by atoms with Gasteiger partial charge in [0, 0.05) is 44.6 Å². The Kier molecular flexibility index (Phi) is 7.86. The van der Waals surface area contributed by atoms with Gasteiger partial charge in [-0.25, -0.2) is 0 Å². The van der Waals surface area contributed by atoms with Gasteiger partial charge < -0.3 is 14.5 Å². The highest BCUT2D eigenvalue weighted by Crippen LogP contribution is 2.18. The second-order valence-electron chi connectivity index (χ2n) is 8.77. The Morgan fingerprint density at radius 1 is 1.00 bits per heavy atom. The van der Waals surface area contributed by atoms with Gasteiger partial charge >= 0.3 is 0 Å². The molecule has 174 valence electrons. The van der Waals surface area contributed by atoms with Crippen LogP contribution in [0.15, 0.2) is 59.0 Å². The van der Waals surface area contributed by atoms with Crippen molar-refractivity contribution in [3.63, 3.8) is 0 Å². The molecule has 7 nitrogen and oxygen atoms in total. The number of hydrogen-bond acceptors (Lipinski definition) is 6. The molecule has 0 spiro atoms. The lowest BCUT2D eigenvalue weighted by molar-refractivity contribution is -0.121. The van der Waals surface area contributed by atoms with Crippen LogP contribution in [0.25, 0.3) is 11.5 Å². The summed E-state index contributed by atoms with van der Waals surface area (Å²) in [6, 6.07) is 18.1. The molecule has 4 rings (SSSR count). The second kappa shape index (κ2) is 11.2. The van der Waals surface area contributed by atoms with E-state index in [1.165, 1.54) is 5.56 Å². The van der Waals surface area contributed by atoms with Crippen LogP contribution in [-0.4, -0.2) is 46.3 Å². The second-order valence-corrected chi connectivity index (χ2v) is 8.77. The monoisotopic (exact) mass is 448 g/mol. The predicted octanol–water partition coefficient (Wildman–Crippen LogP) is 3.98. The van der Waals surface area contributed by atoms with Crippen molar-refractivity contribution in [1.29, 1.82) is 0 Å². The Balaban J connectivity index is 1.16. The van der Waals surface area contributed by atoms with Crippen molar-refractivity contribution >= 4 is 5.91 Å². The van der Waals surface area contributed by atoms with E-state index in [-0.39, 0.29) is 18.1 Å². The van der Waals surface area contributed by atoms with E-state index >= 15 is 0 Å². The summed E-state index contributed by atoms with van der Waals surface area (Å²) >= 11 is 0. The summed E-state index contributed by atoms with van der Waals surface area (Å²) in [5, 5.41) is 11.2. The van der Waals surface area contributed by atoms with Crippen molar-refractivity contribution in [3.8, 4) is 11.5 Å². The van der Waals surface area contributed by atoms with Crippen molar-refractivity contribution in [1.82, 2.24) is 20.4 Å². The fourth-order valence-electron chi connectivity index (χ4n) is 4.18. The van der Waals surface area contributed by atoms with Crippen molar-refractivity contribution < 1.29 is 13.9 Å². The minimum atomic E-state index is 0.0261. The molecule has 1 fully saturated rings. The van der Waals surface area contributed by atoms with Gasteiger partial charge in [-0.05, 0) is 43.5 Å². The Hall–Kier alpha value is -3.03. The number of amides is 1. The van der Waals surface area contributed by atoms with Gasteiger partial charge in [0.2, 0.25) is 17.7 Å². The van der Waals surface area contributed by atoms with Crippen LogP contribution < -0.4 is 5.32 Å². The summed E-state index contributed by atoms with van der Waals surface area (Å²) < 4.78 is 11.5. The number of ether oxygens (including phenoxy) is 1. The Morgan fingerprint density at radius 3 is 2.42 bits per heavy atom. The van der Waals surface area contributed by atoms with Gasteiger partial charge in [0.15, 0.2) is 0 Å². The molecule has 0 bridgehead atoms. The maximum atomic E-state index is 12.2. The van der Waals surface area contributed by atoms with E-state index < -0.39 is 0 Å². The summed E-state index contributed by atoms with van der Waals surface area (Å²) in [5.74, 6) is 1.09. The molecular weight excluding hydrogens is 416 g/mol. The van der Waals surface area contributed by atoms with E-state index in [4.69, 9.17) is 9.15 Å². The predicted molar refractivity (Wildman–Crippen MR) is 126 cm³/mol. The summed E-state index contributed by atoms with van der Waals surface area (Å²) in [6.07, 6.45) is 2.22. The molecule has 1 saturated heterocycles. The molecule has 33 heavy (non-hydrogen) atoms. The average Bonchev–Trinajstić information content (AvgIpc) is 3.27. The van der Waals surface area contributed by atoms with Crippen LogP contribution in [0.5, 0.6) is 0 Å². The molecule has 1 amide bonds. The van der Waals surface area contributed by atoms with Gasteiger partial charge in [-0.2, -0.15) is 0 Å². The van der Waals surface area contributed by atoms with Gasteiger partial charge in [-0.15, -0.1) is 10.2 Å². The Bertz CT molecular complexity index is 1010. The third kappa shape index (κ3) is 6.97. The molecule has 2 aromatic carbocycles. The quantitative estimate of drug-likeness (QED) is 0.533. The number of hydrogen-bond donors (Lipinski definition) is 1. The molecule has 1 aliphatic rings. The normalized spacial score (nSPS) is 18.8. The highest BCUT2D eigenvalue weighted by molar-refractivity contribution is 5.75. The van der Waals surface area contributed by atoms with Crippen molar-refractivity contribution in [2.75, 3.05) is 13.1 Å². The third-order valence-corrected chi connectivity index (χ3v) is 5.70. The zero-order chi connectivity index (χ0) is 23.0. The summed E-state index contributed by atoms with van der Waals surface area (Å²) in [4.78, 5) is 14.7. The number of aromatic nitrogens is 2. The van der Waals surface area contributed by atoms with Gasteiger partial charge in [-0.3, -0.25) is 9.69 Å². The van der Waals surface area contributed by atoms with Crippen LogP contribution in [0, 0.1) is 0 Å². The number of nitrogens with one attached hydrogen (secondary N) is 1. The molecule has 0 radical (unpaired) electrons. The maximum absolute atomic E-state index is 12.2. The van der Waals surface area contributed by atoms with Crippen molar-refractivity contribution in [2.45, 2.75) is 58.4 Å². The maximum Gasteiger partial charge on any atom is 0.247 e. The molecule has 2 atom stereocenters. The zero-order valence-corrected chi connectivity index (χ0v) is 19.4. The molecule has 7 heteroatoms. The van der Waals surface area contributed by atoms with Crippen LogP contribution in [0.4, 0.5) is 0 Å². The Labute approximate surface area is 195 Å². The SMILES string of the molecule is CC1CN(Cc2ccc(CNC(=O)CCCc3nnc(-c4ccccc4)o3)cc2)CC(C)O1. The molecule has 2 unspecified atom stereocenters. The first-order valence-corrected chi connectivity index (χ1v) is 11.7. The molecule has 0 saturated carbocycles. The number of nitrogens with zero attached hydrogens (tertiary/aromatic N) is 3. The first kappa shape index (κ1) is 23.1. The number of rotatable bonds is 9. The fourth-order valence-corrected chi connectivity index (χ4v) is 4.18. The van der Waals surface area contributed by atoms with Crippen molar-refractivity contribution in [2.24, 2.45) is 0 Å². The lowest BCUT2D eigenvalue weighted by atomic mass is 10.1. The third-order valence-electron chi connectivity index (χ3n) is 5.70. The van der Waals surface area contributed by atoms with E-state index in [2.05, 4.69) is 58.5 Å². The average molecular weight is 449 g/mol. The van der Waals surface area contributed by atoms with Crippen LogP contribution >= 0.6 is 0 Å². The zero-order valence-electron chi connectivity index (χ0n) is 19.4. The van der Waals surface area contributed by atoms with Crippen LogP contribution in [0.2, 0.25) is 0 Å². The first-order valence-electron chi connectivity index (χ1n) is 11.7. The van der Waals surface area contributed by atoms with E-state index in [1.807, 2.05) is 30.3 Å². The number of carbonyl (C=O) groups is 1. The largest absolute Gasteiger partial charge is 0.421 e. The van der Waals surface area contributed by atoms with Gasteiger partial charge in [-0.1, -0.05) is 42.5 Å². The summed E-state index contributed by atoms with van der Waals surface area (Å²) in [7, 11) is 0. The lowest BCUT2D eigenvalue weighted by Crippen LogP contribution is -2.44. The summed E-state index contributed by atoms with van der Waals surface area (Å²) in [6.45, 7) is 7.62.